The first-order valence-electron chi connectivity index (χ1n) is 8.23. The SMILES string of the molecule is CNC(=O)c1ccc(NC(=O)c2ccc(-c3nc4ccccc4s3)s2)cc1. The zero-order chi connectivity index (χ0) is 18.8. The number of thiazole rings is 1. The summed E-state index contributed by atoms with van der Waals surface area (Å²) in [6.07, 6.45) is 0. The first kappa shape index (κ1) is 17.4. The van der Waals surface area contributed by atoms with Crippen LogP contribution in [0.4, 0.5) is 5.69 Å². The van der Waals surface area contributed by atoms with Crippen molar-refractivity contribution in [2.75, 3.05) is 12.4 Å². The molecular weight excluding hydrogens is 378 g/mol. The number of rotatable bonds is 4. The average molecular weight is 393 g/mol. The summed E-state index contributed by atoms with van der Waals surface area (Å²) in [6.45, 7) is 0. The standard InChI is InChI=1S/C20H15N3O2S2/c1-21-18(24)12-6-8-13(9-7-12)22-19(25)16-10-11-17(26-16)20-23-14-4-2-3-5-15(14)27-20/h2-11H,1H3,(H,21,24)(H,22,25). The normalized spacial score (nSPS) is 10.7. The van der Waals surface area contributed by atoms with Crippen LogP contribution in [0.25, 0.3) is 20.1 Å². The van der Waals surface area contributed by atoms with Crippen LogP contribution in [0.3, 0.4) is 0 Å². The predicted octanol–water partition coefficient (Wildman–Crippen LogP) is 4.64. The lowest BCUT2D eigenvalue weighted by Crippen LogP contribution is -2.17. The molecule has 7 heteroatoms. The summed E-state index contributed by atoms with van der Waals surface area (Å²) in [7, 11) is 1.58. The van der Waals surface area contributed by atoms with E-state index >= 15 is 0 Å². The highest BCUT2D eigenvalue weighted by atomic mass is 32.1. The molecule has 2 heterocycles. The number of hydrogen-bond donors (Lipinski definition) is 2. The maximum atomic E-state index is 12.5. The number of thiophene rings is 1. The highest BCUT2D eigenvalue weighted by Gasteiger charge is 2.13. The third-order valence-corrected chi connectivity index (χ3v) is 6.26. The Hall–Kier alpha value is -3.03. The van der Waals surface area contributed by atoms with Crippen molar-refractivity contribution >= 4 is 50.4 Å². The lowest BCUT2D eigenvalue weighted by atomic mass is 10.2. The van der Waals surface area contributed by atoms with Crippen LogP contribution < -0.4 is 10.6 Å². The van der Waals surface area contributed by atoms with Crippen molar-refractivity contribution in [3.63, 3.8) is 0 Å². The van der Waals surface area contributed by atoms with Gasteiger partial charge in [-0.3, -0.25) is 9.59 Å². The molecule has 0 spiro atoms. The van der Waals surface area contributed by atoms with Gasteiger partial charge in [0, 0.05) is 18.3 Å². The smallest absolute Gasteiger partial charge is 0.265 e. The van der Waals surface area contributed by atoms with Gasteiger partial charge in [0.15, 0.2) is 0 Å². The summed E-state index contributed by atoms with van der Waals surface area (Å²) >= 11 is 3.03. The highest BCUT2D eigenvalue weighted by molar-refractivity contribution is 7.26. The molecule has 0 aliphatic carbocycles. The molecular formula is C20H15N3O2S2. The molecule has 2 amide bonds. The van der Waals surface area contributed by atoms with Gasteiger partial charge in [-0.25, -0.2) is 4.98 Å². The molecule has 2 aromatic carbocycles. The van der Waals surface area contributed by atoms with E-state index in [4.69, 9.17) is 0 Å². The Bertz CT molecular complexity index is 1100. The fourth-order valence-corrected chi connectivity index (χ4v) is 4.52. The minimum Gasteiger partial charge on any atom is -0.355 e. The van der Waals surface area contributed by atoms with Crippen molar-refractivity contribution in [3.8, 4) is 9.88 Å². The van der Waals surface area contributed by atoms with Crippen molar-refractivity contribution in [2.45, 2.75) is 0 Å². The van der Waals surface area contributed by atoms with Gasteiger partial charge in [0.2, 0.25) is 0 Å². The van der Waals surface area contributed by atoms with Gasteiger partial charge in [0.05, 0.1) is 20.0 Å². The van der Waals surface area contributed by atoms with Gasteiger partial charge in [0.1, 0.15) is 5.01 Å². The van der Waals surface area contributed by atoms with E-state index in [1.165, 1.54) is 11.3 Å². The van der Waals surface area contributed by atoms with Crippen LogP contribution in [0.2, 0.25) is 0 Å². The van der Waals surface area contributed by atoms with Gasteiger partial charge in [-0.1, -0.05) is 12.1 Å². The molecule has 4 aromatic rings. The lowest BCUT2D eigenvalue weighted by Gasteiger charge is -2.05. The predicted molar refractivity (Wildman–Crippen MR) is 111 cm³/mol. The number of hydrogen-bond acceptors (Lipinski definition) is 5. The molecule has 0 atom stereocenters. The zero-order valence-electron chi connectivity index (χ0n) is 14.4. The fraction of sp³-hybridized carbons (Fsp3) is 0.0500. The maximum Gasteiger partial charge on any atom is 0.265 e. The first-order chi connectivity index (χ1) is 13.1. The first-order valence-corrected chi connectivity index (χ1v) is 9.86. The molecule has 0 fully saturated rings. The molecule has 134 valence electrons. The number of amides is 2. The second-order valence-electron chi connectivity index (χ2n) is 5.76. The van der Waals surface area contributed by atoms with E-state index in [1.807, 2.05) is 30.3 Å². The van der Waals surface area contributed by atoms with E-state index in [9.17, 15) is 9.59 Å². The Morgan fingerprint density at radius 1 is 0.889 bits per heavy atom. The lowest BCUT2D eigenvalue weighted by molar-refractivity contribution is 0.0962. The van der Waals surface area contributed by atoms with Crippen molar-refractivity contribution < 1.29 is 9.59 Å². The topological polar surface area (TPSA) is 71.1 Å². The average Bonchev–Trinajstić information content (AvgIpc) is 3.34. The number of benzene rings is 2. The number of anilines is 1. The van der Waals surface area contributed by atoms with Gasteiger partial charge >= 0.3 is 0 Å². The summed E-state index contributed by atoms with van der Waals surface area (Å²) < 4.78 is 1.13. The molecule has 0 unspecified atom stereocenters. The molecule has 0 aliphatic heterocycles. The molecule has 0 bridgehead atoms. The van der Waals surface area contributed by atoms with Crippen LogP contribution in [0.5, 0.6) is 0 Å². The van der Waals surface area contributed by atoms with Crippen LogP contribution >= 0.6 is 22.7 Å². The molecule has 0 saturated heterocycles. The van der Waals surface area contributed by atoms with Crippen molar-refractivity contribution in [1.29, 1.82) is 0 Å². The number of aromatic nitrogens is 1. The van der Waals surface area contributed by atoms with Crippen LogP contribution in [0, 0.1) is 0 Å². The zero-order valence-corrected chi connectivity index (χ0v) is 16.0. The maximum absolute atomic E-state index is 12.5. The second kappa shape index (κ2) is 7.30. The molecule has 27 heavy (non-hydrogen) atoms. The van der Waals surface area contributed by atoms with E-state index in [0.717, 1.165) is 20.1 Å². The minimum atomic E-state index is -0.181. The Balaban J connectivity index is 1.50. The molecule has 5 nitrogen and oxygen atoms in total. The van der Waals surface area contributed by atoms with Gasteiger partial charge in [-0.15, -0.1) is 22.7 Å². The number of carbonyl (C=O) groups is 2. The summed E-state index contributed by atoms with van der Waals surface area (Å²) in [4.78, 5) is 30.3. The van der Waals surface area contributed by atoms with Crippen LogP contribution in [-0.2, 0) is 0 Å². The van der Waals surface area contributed by atoms with E-state index < -0.39 is 0 Å². The van der Waals surface area contributed by atoms with Crippen LogP contribution in [-0.4, -0.2) is 23.8 Å². The highest BCUT2D eigenvalue weighted by Crippen LogP contribution is 2.34. The van der Waals surface area contributed by atoms with E-state index in [2.05, 4.69) is 15.6 Å². The third kappa shape index (κ3) is 3.60. The quantitative estimate of drug-likeness (QED) is 0.531. The number of carbonyl (C=O) groups excluding carboxylic acids is 2. The largest absolute Gasteiger partial charge is 0.355 e. The molecule has 0 aliphatic rings. The van der Waals surface area contributed by atoms with Gasteiger partial charge in [-0.2, -0.15) is 0 Å². The molecule has 0 saturated carbocycles. The van der Waals surface area contributed by atoms with E-state index in [1.54, 1.807) is 48.7 Å². The second-order valence-corrected chi connectivity index (χ2v) is 7.88. The molecule has 0 radical (unpaired) electrons. The van der Waals surface area contributed by atoms with Gasteiger partial charge in [-0.05, 0) is 48.5 Å². The third-order valence-electron chi connectivity index (χ3n) is 3.97. The Morgan fingerprint density at radius 2 is 1.67 bits per heavy atom. The Kier molecular flexibility index (Phi) is 4.70. The van der Waals surface area contributed by atoms with Gasteiger partial charge in [0.25, 0.3) is 11.8 Å². The monoisotopic (exact) mass is 393 g/mol. The Labute approximate surface area is 163 Å². The van der Waals surface area contributed by atoms with Crippen LogP contribution in [0.1, 0.15) is 20.0 Å². The van der Waals surface area contributed by atoms with E-state index in [0.29, 0.717) is 16.1 Å². The fourth-order valence-electron chi connectivity index (χ4n) is 2.59. The van der Waals surface area contributed by atoms with Crippen molar-refractivity contribution in [3.05, 3.63) is 71.1 Å². The molecule has 2 aromatic heterocycles. The summed E-state index contributed by atoms with van der Waals surface area (Å²) in [6, 6.07) is 18.5. The van der Waals surface area contributed by atoms with Crippen molar-refractivity contribution in [1.82, 2.24) is 10.3 Å². The minimum absolute atomic E-state index is 0.161. The molecule has 4 rings (SSSR count). The Morgan fingerprint density at radius 3 is 2.41 bits per heavy atom. The van der Waals surface area contributed by atoms with Crippen molar-refractivity contribution in [2.24, 2.45) is 0 Å². The summed E-state index contributed by atoms with van der Waals surface area (Å²) in [5, 5.41) is 6.33. The van der Waals surface area contributed by atoms with Gasteiger partial charge < -0.3 is 10.6 Å². The summed E-state index contributed by atoms with van der Waals surface area (Å²) in [5.74, 6) is -0.341. The number of para-hydroxylation sites is 1. The van der Waals surface area contributed by atoms with E-state index in [-0.39, 0.29) is 11.8 Å². The summed E-state index contributed by atoms with van der Waals surface area (Å²) in [5.41, 5.74) is 2.15. The van der Waals surface area contributed by atoms with Crippen LogP contribution in [0.15, 0.2) is 60.7 Å². The number of fused-ring (bicyclic) bond motifs is 1. The number of nitrogens with one attached hydrogen (secondary N) is 2. The molecule has 2 N–H and O–H groups in total. The number of nitrogens with zero attached hydrogens (tertiary/aromatic N) is 1.